The van der Waals surface area contributed by atoms with Crippen LogP contribution in [0.5, 0.6) is 0 Å². The van der Waals surface area contributed by atoms with Gasteiger partial charge in [-0.15, -0.1) is 11.3 Å². The van der Waals surface area contributed by atoms with Crippen molar-refractivity contribution in [2.75, 3.05) is 0 Å². The number of Topliss-reactive ketones (excluding diaryl/α,β-unsaturated/α-hetero) is 1. The number of hydrogen-bond acceptors (Lipinski definition) is 9. The summed E-state index contributed by atoms with van der Waals surface area (Å²) in [5.74, 6) is -1.77. The minimum absolute atomic E-state index is 0.213. The molecule has 0 spiro atoms. The van der Waals surface area contributed by atoms with E-state index in [4.69, 9.17) is 14.2 Å². The maximum atomic E-state index is 13.5. The molecule has 1 saturated heterocycles. The molecule has 37 heavy (non-hydrogen) atoms. The molecule has 0 amide bonds. The van der Waals surface area contributed by atoms with E-state index in [2.05, 4.69) is 4.98 Å². The average molecular weight is 534 g/mol. The van der Waals surface area contributed by atoms with Gasteiger partial charge in [-0.25, -0.2) is 9.78 Å². The van der Waals surface area contributed by atoms with Crippen molar-refractivity contribution in [3.05, 3.63) is 33.3 Å². The number of thiazole rings is 1. The van der Waals surface area contributed by atoms with E-state index in [-0.39, 0.29) is 18.1 Å². The van der Waals surface area contributed by atoms with Gasteiger partial charge in [-0.2, -0.15) is 0 Å². The van der Waals surface area contributed by atoms with E-state index in [1.54, 1.807) is 32.1 Å². The van der Waals surface area contributed by atoms with Crippen LogP contribution in [0.15, 0.2) is 22.6 Å². The van der Waals surface area contributed by atoms with Crippen LogP contribution in [0, 0.1) is 24.2 Å². The van der Waals surface area contributed by atoms with Crippen LogP contribution in [-0.4, -0.2) is 52.4 Å². The lowest BCUT2D eigenvalue weighted by atomic mass is 9.72. The van der Waals surface area contributed by atoms with Gasteiger partial charge in [0.1, 0.15) is 24.1 Å². The van der Waals surface area contributed by atoms with E-state index < -0.39 is 47.9 Å². The zero-order chi connectivity index (χ0) is 27.5. The van der Waals surface area contributed by atoms with Crippen molar-refractivity contribution < 1.29 is 33.7 Å². The summed E-state index contributed by atoms with van der Waals surface area (Å²) in [4.78, 5) is 43.1. The van der Waals surface area contributed by atoms with Gasteiger partial charge in [0.2, 0.25) is 0 Å². The third kappa shape index (κ3) is 7.08. The van der Waals surface area contributed by atoms with Crippen LogP contribution < -0.4 is 0 Å². The van der Waals surface area contributed by atoms with Gasteiger partial charge in [0.05, 0.1) is 34.6 Å². The average Bonchev–Trinajstić information content (AvgIpc) is 3.24. The molecule has 204 valence electrons. The lowest BCUT2D eigenvalue weighted by molar-refractivity contribution is -0.157. The van der Waals surface area contributed by atoms with Crippen LogP contribution in [0.2, 0.25) is 0 Å². The summed E-state index contributed by atoms with van der Waals surface area (Å²) in [5.41, 5.74) is 1.44. The number of hydrogen-bond donors (Lipinski definition) is 1. The normalized spacial score (nSPS) is 33.6. The highest BCUT2D eigenvalue weighted by molar-refractivity contribution is 7.09. The SMILES string of the molecule is C/C1=C/C[C@@H](/C(C)=C/c2csc(C)n2)OC(=O)C[C@H](O)C(C)(C)C(=O)[C@H](C)[C@H]2OC(=O)OC(CC1)[C@@H]2C. The highest BCUT2D eigenvalue weighted by Crippen LogP contribution is 2.36. The van der Waals surface area contributed by atoms with E-state index in [0.717, 1.165) is 21.8 Å². The summed E-state index contributed by atoms with van der Waals surface area (Å²) in [6.07, 6.45) is 1.63. The molecule has 2 aliphatic heterocycles. The lowest BCUT2D eigenvalue weighted by Gasteiger charge is -2.40. The van der Waals surface area contributed by atoms with Gasteiger partial charge in [-0.05, 0) is 45.3 Å². The quantitative estimate of drug-likeness (QED) is 0.396. The predicted octanol–water partition coefficient (Wildman–Crippen LogP) is 5.42. The van der Waals surface area contributed by atoms with Crippen LogP contribution in [0.4, 0.5) is 4.79 Å². The largest absolute Gasteiger partial charge is 0.508 e. The lowest BCUT2D eigenvalue weighted by Crippen LogP contribution is -2.51. The number of rotatable bonds is 2. The van der Waals surface area contributed by atoms with Crippen molar-refractivity contribution in [2.45, 2.75) is 98.6 Å². The van der Waals surface area contributed by atoms with Crippen LogP contribution >= 0.6 is 11.3 Å². The standard InChI is InChI=1S/C28H39NO7S/c1-15-8-10-21(16(2)12-20-14-37-19(5)29-20)34-24(31)13-23(30)28(6,7)26(32)18(4)25-17(3)22(11-9-15)35-27(33)36-25/h8,12,14,17-18,21-23,25,30H,9-11,13H2,1-7H3/b15-8-,16-12+/t17-,18+,21-,22?,23-,25-/m0/s1. The number of aliphatic hydroxyl groups excluding tert-OH is 1. The number of esters is 1. The highest BCUT2D eigenvalue weighted by Gasteiger charge is 2.47. The number of aryl methyl sites for hydroxylation is 1. The molecule has 3 heterocycles. The van der Waals surface area contributed by atoms with E-state index in [1.165, 1.54) is 0 Å². The third-order valence-corrected chi connectivity index (χ3v) is 8.41. The Morgan fingerprint density at radius 3 is 2.51 bits per heavy atom. The maximum absolute atomic E-state index is 13.5. The molecule has 2 aliphatic rings. The molecule has 6 atom stereocenters. The Kier molecular flexibility index (Phi) is 9.34. The number of ether oxygens (including phenoxy) is 3. The van der Waals surface area contributed by atoms with Crippen molar-refractivity contribution in [1.29, 1.82) is 0 Å². The highest BCUT2D eigenvalue weighted by atomic mass is 32.1. The van der Waals surface area contributed by atoms with Gasteiger partial charge in [0.15, 0.2) is 0 Å². The molecule has 9 heteroatoms. The smallest absolute Gasteiger partial charge is 0.457 e. The van der Waals surface area contributed by atoms with Crippen molar-refractivity contribution in [3.8, 4) is 0 Å². The second-order valence-electron chi connectivity index (χ2n) is 10.9. The molecule has 0 aromatic carbocycles. The van der Waals surface area contributed by atoms with E-state index in [0.29, 0.717) is 19.3 Å². The number of ketones is 1. The number of aliphatic hydroxyl groups is 1. The zero-order valence-electron chi connectivity index (χ0n) is 22.8. The molecule has 1 aromatic rings. The maximum Gasteiger partial charge on any atom is 0.508 e. The van der Waals surface area contributed by atoms with Crippen molar-refractivity contribution in [3.63, 3.8) is 0 Å². The van der Waals surface area contributed by atoms with Crippen molar-refractivity contribution >= 4 is 35.3 Å². The monoisotopic (exact) mass is 533 g/mol. The second-order valence-corrected chi connectivity index (χ2v) is 12.0. The summed E-state index contributed by atoms with van der Waals surface area (Å²) in [6, 6.07) is 0. The Labute approximate surface area is 223 Å². The summed E-state index contributed by atoms with van der Waals surface area (Å²) in [6.45, 7) is 12.6. The van der Waals surface area contributed by atoms with E-state index in [9.17, 15) is 19.5 Å². The second kappa shape index (κ2) is 11.9. The number of fused-ring (bicyclic) bond motifs is 2. The fraction of sp³-hybridized carbons (Fsp3) is 0.643. The summed E-state index contributed by atoms with van der Waals surface area (Å²) in [5, 5.41) is 13.9. The first-order chi connectivity index (χ1) is 17.3. The molecule has 2 bridgehead atoms. The number of nitrogens with zero attached hydrogens (tertiary/aromatic N) is 1. The number of carbonyl (C=O) groups excluding carboxylic acids is 3. The van der Waals surface area contributed by atoms with Crippen LogP contribution in [0.1, 0.15) is 77.9 Å². The van der Waals surface area contributed by atoms with E-state index >= 15 is 0 Å². The number of allylic oxidation sites excluding steroid dienone is 1. The molecule has 1 N–H and O–H groups in total. The van der Waals surface area contributed by atoms with Gasteiger partial charge in [-0.3, -0.25) is 9.59 Å². The molecule has 1 fully saturated rings. The summed E-state index contributed by atoms with van der Waals surface area (Å²) < 4.78 is 16.8. The molecular formula is C28H39NO7S. The zero-order valence-corrected chi connectivity index (χ0v) is 23.6. The molecule has 0 radical (unpaired) electrons. The number of carbonyl (C=O) groups is 3. The Morgan fingerprint density at radius 2 is 1.86 bits per heavy atom. The molecule has 1 aromatic heterocycles. The van der Waals surface area contributed by atoms with Crippen molar-refractivity contribution in [1.82, 2.24) is 4.98 Å². The first kappa shape index (κ1) is 29.0. The fourth-order valence-corrected chi connectivity index (χ4v) is 5.54. The van der Waals surface area contributed by atoms with Gasteiger partial charge < -0.3 is 19.3 Å². The number of cyclic esters (lactones) is 1. The minimum atomic E-state index is -1.27. The van der Waals surface area contributed by atoms with Gasteiger partial charge in [0.25, 0.3) is 0 Å². The van der Waals surface area contributed by atoms with Gasteiger partial charge in [0, 0.05) is 17.7 Å². The topological polar surface area (TPSA) is 112 Å². The Bertz CT molecular complexity index is 1070. The molecule has 8 nitrogen and oxygen atoms in total. The van der Waals surface area contributed by atoms with Crippen LogP contribution in [-0.2, 0) is 23.8 Å². The molecule has 0 aliphatic carbocycles. The van der Waals surface area contributed by atoms with Crippen molar-refractivity contribution in [2.24, 2.45) is 17.3 Å². The molecule has 3 rings (SSSR count). The molecular weight excluding hydrogens is 494 g/mol. The van der Waals surface area contributed by atoms with Crippen LogP contribution in [0.3, 0.4) is 0 Å². The molecule has 0 saturated carbocycles. The summed E-state index contributed by atoms with van der Waals surface area (Å²) >= 11 is 1.54. The van der Waals surface area contributed by atoms with Gasteiger partial charge in [-0.1, -0.05) is 39.3 Å². The number of aromatic nitrogens is 1. The van der Waals surface area contributed by atoms with Gasteiger partial charge >= 0.3 is 12.1 Å². The Hall–Kier alpha value is -2.52. The van der Waals surface area contributed by atoms with Crippen LogP contribution in [0.25, 0.3) is 6.08 Å². The summed E-state index contributed by atoms with van der Waals surface area (Å²) in [7, 11) is 0. The minimum Gasteiger partial charge on any atom is -0.457 e. The Balaban J connectivity index is 1.93. The fourth-order valence-electron chi connectivity index (χ4n) is 4.97. The Morgan fingerprint density at radius 1 is 1.16 bits per heavy atom. The first-order valence-electron chi connectivity index (χ1n) is 12.8. The third-order valence-electron chi connectivity index (χ3n) is 7.62. The first-order valence-corrected chi connectivity index (χ1v) is 13.7. The predicted molar refractivity (Wildman–Crippen MR) is 141 cm³/mol. The van der Waals surface area contributed by atoms with E-state index in [1.807, 2.05) is 45.2 Å². The molecule has 1 unspecified atom stereocenters.